The average Bonchev–Trinajstić information content (AvgIpc) is 3.10. The summed E-state index contributed by atoms with van der Waals surface area (Å²) in [5.74, 6) is 2.10. The first kappa shape index (κ1) is 18.1. The van der Waals surface area contributed by atoms with E-state index in [4.69, 9.17) is 9.47 Å². The number of nitrogens with zero attached hydrogens (tertiary/aromatic N) is 2. The first-order chi connectivity index (χ1) is 13.5. The van der Waals surface area contributed by atoms with E-state index in [1.54, 1.807) is 13.4 Å². The van der Waals surface area contributed by atoms with Crippen molar-refractivity contribution in [1.29, 1.82) is 0 Å². The normalized spacial score (nSPS) is 15.9. The van der Waals surface area contributed by atoms with Crippen molar-refractivity contribution in [3.8, 4) is 17.2 Å². The molecule has 1 aromatic heterocycles. The van der Waals surface area contributed by atoms with Gasteiger partial charge in [-0.1, -0.05) is 18.2 Å². The van der Waals surface area contributed by atoms with E-state index in [1.807, 2.05) is 66.9 Å². The number of anilines is 1. The fourth-order valence-electron chi connectivity index (χ4n) is 3.52. The summed E-state index contributed by atoms with van der Waals surface area (Å²) in [4.78, 5) is 17.1. The number of hydrogen-bond donors (Lipinski definition) is 1. The fourth-order valence-corrected chi connectivity index (χ4v) is 3.52. The Morgan fingerprint density at radius 3 is 2.71 bits per heavy atom. The van der Waals surface area contributed by atoms with E-state index in [0.29, 0.717) is 12.2 Å². The van der Waals surface area contributed by atoms with E-state index in [2.05, 4.69) is 10.3 Å². The lowest BCUT2D eigenvalue weighted by Crippen LogP contribution is -2.25. The minimum atomic E-state index is -0.119. The summed E-state index contributed by atoms with van der Waals surface area (Å²) >= 11 is 0. The number of nitrogens with one attached hydrogen (secondary N) is 1. The molecule has 28 heavy (non-hydrogen) atoms. The number of ether oxygens (including phenoxy) is 2. The number of imidazole rings is 1. The minimum absolute atomic E-state index is 0.0303. The lowest BCUT2D eigenvalue weighted by molar-refractivity contribution is -0.116. The molecule has 6 nitrogen and oxygen atoms in total. The van der Waals surface area contributed by atoms with Gasteiger partial charge >= 0.3 is 0 Å². The average molecular weight is 377 g/mol. The number of methoxy groups -OCH3 is 1. The van der Waals surface area contributed by atoms with Crippen LogP contribution in [0.1, 0.15) is 37.4 Å². The van der Waals surface area contributed by atoms with E-state index in [1.165, 1.54) is 0 Å². The SMILES string of the molecule is COc1cccc(-n2cnc3c2NC(=O)C[C@@H]3c2cccc(OC(C)C)c2)c1. The number of aromatic nitrogens is 2. The maximum Gasteiger partial charge on any atom is 0.226 e. The molecule has 0 unspecified atom stereocenters. The summed E-state index contributed by atoms with van der Waals surface area (Å²) in [7, 11) is 1.63. The summed E-state index contributed by atoms with van der Waals surface area (Å²) in [5.41, 5.74) is 2.75. The van der Waals surface area contributed by atoms with Crippen LogP contribution in [-0.2, 0) is 4.79 Å². The molecule has 0 aliphatic carbocycles. The van der Waals surface area contributed by atoms with Crippen LogP contribution in [0.4, 0.5) is 5.82 Å². The molecule has 0 radical (unpaired) electrons. The Morgan fingerprint density at radius 2 is 1.93 bits per heavy atom. The quantitative estimate of drug-likeness (QED) is 0.726. The van der Waals surface area contributed by atoms with Gasteiger partial charge in [-0.15, -0.1) is 0 Å². The molecule has 0 fully saturated rings. The number of rotatable bonds is 5. The number of carbonyl (C=O) groups is 1. The van der Waals surface area contributed by atoms with Crippen molar-refractivity contribution in [2.45, 2.75) is 32.3 Å². The predicted molar refractivity (Wildman–Crippen MR) is 107 cm³/mol. The van der Waals surface area contributed by atoms with Crippen molar-refractivity contribution >= 4 is 11.7 Å². The van der Waals surface area contributed by atoms with Gasteiger partial charge in [-0.25, -0.2) is 4.98 Å². The first-order valence-corrected chi connectivity index (χ1v) is 9.33. The summed E-state index contributed by atoms with van der Waals surface area (Å²) in [6.45, 7) is 3.99. The molecule has 2 heterocycles. The highest BCUT2D eigenvalue weighted by molar-refractivity contribution is 5.94. The number of carbonyl (C=O) groups excluding carboxylic acids is 1. The van der Waals surface area contributed by atoms with E-state index in [0.717, 1.165) is 28.4 Å². The second-order valence-corrected chi connectivity index (χ2v) is 7.09. The van der Waals surface area contributed by atoms with Gasteiger partial charge < -0.3 is 14.8 Å². The van der Waals surface area contributed by atoms with Gasteiger partial charge in [-0.2, -0.15) is 0 Å². The molecular formula is C22H23N3O3. The lowest BCUT2D eigenvalue weighted by Gasteiger charge is -2.24. The zero-order valence-corrected chi connectivity index (χ0v) is 16.2. The molecule has 0 spiro atoms. The highest BCUT2D eigenvalue weighted by atomic mass is 16.5. The number of fused-ring (bicyclic) bond motifs is 1. The van der Waals surface area contributed by atoms with E-state index in [9.17, 15) is 4.79 Å². The topological polar surface area (TPSA) is 65.4 Å². The molecule has 6 heteroatoms. The monoisotopic (exact) mass is 377 g/mol. The Bertz CT molecular complexity index is 1010. The number of amides is 1. The molecule has 2 aromatic carbocycles. The van der Waals surface area contributed by atoms with Gasteiger partial charge in [0.2, 0.25) is 5.91 Å². The summed E-state index contributed by atoms with van der Waals surface area (Å²) in [5, 5.41) is 2.98. The molecule has 0 saturated heterocycles. The largest absolute Gasteiger partial charge is 0.497 e. The van der Waals surface area contributed by atoms with Gasteiger partial charge in [-0.05, 0) is 43.7 Å². The van der Waals surface area contributed by atoms with Crippen LogP contribution in [0.25, 0.3) is 5.69 Å². The highest BCUT2D eigenvalue weighted by Gasteiger charge is 2.31. The molecule has 0 saturated carbocycles. The lowest BCUT2D eigenvalue weighted by atomic mass is 9.89. The van der Waals surface area contributed by atoms with Crippen molar-refractivity contribution < 1.29 is 14.3 Å². The fraction of sp³-hybridized carbons (Fsp3) is 0.273. The molecule has 1 N–H and O–H groups in total. The maximum atomic E-state index is 12.5. The molecule has 1 aliphatic heterocycles. The third kappa shape index (κ3) is 3.45. The zero-order chi connectivity index (χ0) is 19.7. The van der Waals surface area contributed by atoms with Gasteiger partial charge in [0, 0.05) is 18.4 Å². The summed E-state index contributed by atoms with van der Waals surface area (Å²) < 4.78 is 13.0. The van der Waals surface area contributed by atoms with Gasteiger partial charge in [0.1, 0.15) is 23.6 Å². The van der Waals surface area contributed by atoms with Crippen LogP contribution < -0.4 is 14.8 Å². The molecule has 4 rings (SSSR count). The summed E-state index contributed by atoms with van der Waals surface area (Å²) in [6, 6.07) is 15.6. The smallest absolute Gasteiger partial charge is 0.226 e. The minimum Gasteiger partial charge on any atom is -0.497 e. The highest BCUT2D eigenvalue weighted by Crippen LogP contribution is 2.38. The van der Waals surface area contributed by atoms with Gasteiger partial charge in [-0.3, -0.25) is 9.36 Å². The van der Waals surface area contributed by atoms with Crippen LogP contribution in [0, 0.1) is 0 Å². The molecule has 144 valence electrons. The Balaban J connectivity index is 1.74. The first-order valence-electron chi connectivity index (χ1n) is 9.33. The van der Waals surface area contributed by atoms with Crippen molar-refractivity contribution in [2.75, 3.05) is 12.4 Å². The Labute approximate surface area is 164 Å². The van der Waals surface area contributed by atoms with Crippen LogP contribution in [0.2, 0.25) is 0 Å². The molecule has 1 atom stereocenters. The standard InChI is InChI=1S/C22H23N3O3/c1-14(2)28-18-9-4-6-15(10-18)19-12-20(26)24-22-21(19)23-13-25(22)16-7-5-8-17(11-16)27-3/h4-11,13-14,19H,12H2,1-3H3,(H,24,26)/t19-/m1/s1. The van der Waals surface area contributed by atoms with Crippen molar-refractivity contribution in [1.82, 2.24) is 9.55 Å². The van der Waals surface area contributed by atoms with E-state index >= 15 is 0 Å². The third-order valence-corrected chi connectivity index (χ3v) is 4.74. The van der Waals surface area contributed by atoms with Crippen LogP contribution >= 0.6 is 0 Å². The second-order valence-electron chi connectivity index (χ2n) is 7.09. The maximum absolute atomic E-state index is 12.5. The summed E-state index contributed by atoms with van der Waals surface area (Å²) in [6.07, 6.45) is 2.19. The Morgan fingerprint density at radius 1 is 1.14 bits per heavy atom. The molecule has 1 amide bonds. The predicted octanol–water partition coefficient (Wildman–Crippen LogP) is 4.14. The third-order valence-electron chi connectivity index (χ3n) is 4.74. The number of hydrogen-bond acceptors (Lipinski definition) is 4. The molecule has 0 bridgehead atoms. The van der Waals surface area contributed by atoms with Crippen LogP contribution in [-0.4, -0.2) is 28.7 Å². The second kappa shape index (κ2) is 7.38. The Kier molecular flexibility index (Phi) is 4.77. The van der Waals surface area contributed by atoms with Crippen LogP contribution in [0.3, 0.4) is 0 Å². The van der Waals surface area contributed by atoms with Gasteiger partial charge in [0.15, 0.2) is 0 Å². The molecular weight excluding hydrogens is 354 g/mol. The van der Waals surface area contributed by atoms with Crippen molar-refractivity contribution in [3.05, 3.63) is 66.1 Å². The van der Waals surface area contributed by atoms with E-state index < -0.39 is 0 Å². The molecule has 1 aliphatic rings. The number of benzene rings is 2. The van der Waals surface area contributed by atoms with Crippen LogP contribution in [0.5, 0.6) is 11.5 Å². The van der Waals surface area contributed by atoms with Crippen molar-refractivity contribution in [2.24, 2.45) is 0 Å². The Hall–Kier alpha value is -3.28. The van der Waals surface area contributed by atoms with Gasteiger partial charge in [0.25, 0.3) is 0 Å². The van der Waals surface area contributed by atoms with E-state index in [-0.39, 0.29) is 17.9 Å². The van der Waals surface area contributed by atoms with Crippen LogP contribution in [0.15, 0.2) is 54.9 Å². The van der Waals surface area contributed by atoms with Crippen molar-refractivity contribution in [3.63, 3.8) is 0 Å². The van der Waals surface area contributed by atoms with Gasteiger partial charge in [0.05, 0.1) is 24.6 Å². The molecule has 3 aromatic rings. The zero-order valence-electron chi connectivity index (χ0n) is 16.2.